The summed E-state index contributed by atoms with van der Waals surface area (Å²) >= 11 is 0. The maximum Gasteiger partial charge on any atom is 0.326 e. The van der Waals surface area contributed by atoms with Gasteiger partial charge in [0.25, 0.3) is 0 Å². The first-order chi connectivity index (χ1) is 32.5. The van der Waals surface area contributed by atoms with Crippen molar-refractivity contribution in [2.45, 2.75) is 143 Å². The Morgan fingerprint density at radius 3 is 1.39 bits per heavy atom. The smallest absolute Gasteiger partial charge is 0.326 e. The number of carbonyl (C=O) groups excluding carboxylic acids is 8. The molecule has 20 heteroatoms. The van der Waals surface area contributed by atoms with Crippen molar-refractivity contribution in [3.63, 3.8) is 0 Å². The molecule has 0 spiro atoms. The molecule has 0 aliphatic carbocycles. The van der Waals surface area contributed by atoms with Gasteiger partial charge in [0, 0.05) is 12.8 Å². The molecule has 9 atom stereocenters. The Bertz CT molecular complexity index is 2020. The van der Waals surface area contributed by atoms with Gasteiger partial charge in [-0.1, -0.05) is 122 Å². The minimum absolute atomic E-state index is 0.0297. The first-order valence-corrected chi connectivity index (χ1v) is 23.5. The van der Waals surface area contributed by atoms with Gasteiger partial charge in [-0.2, -0.15) is 0 Å². The minimum atomic E-state index is -1.60. The molecular weight excluding hydrogens is 891 g/mol. The number of aliphatic hydroxyl groups excluding tert-OH is 1. The molecule has 0 bridgehead atoms. The third-order valence-corrected chi connectivity index (χ3v) is 11.2. The van der Waals surface area contributed by atoms with Crippen LogP contribution >= 0.6 is 0 Å². The molecule has 0 radical (unpaired) electrons. The first kappa shape index (κ1) is 58.7. The Morgan fingerprint density at radius 2 is 0.942 bits per heavy atom. The van der Waals surface area contributed by atoms with Crippen LogP contribution in [0.15, 0.2) is 60.7 Å². The highest BCUT2D eigenvalue weighted by molar-refractivity contribution is 5.97. The molecule has 2 aromatic carbocycles. The van der Waals surface area contributed by atoms with E-state index < -0.39 is 114 Å². The van der Waals surface area contributed by atoms with E-state index in [2.05, 4.69) is 42.5 Å². The summed E-state index contributed by atoms with van der Waals surface area (Å²) in [5.74, 6) is -8.28. The van der Waals surface area contributed by atoms with Gasteiger partial charge in [0.15, 0.2) is 0 Å². The van der Waals surface area contributed by atoms with Crippen molar-refractivity contribution in [2.24, 2.45) is 29.4 Å². The number of hydrogen-bond acceptors (Lipinski definition) is 11. The van der Waals surface area contributed by atoms with E-state index in [1.807, 2.05) is 20.8 Å². The SMILES string of the molecule is CCC(C)C(NC(=O)CN)C(=O)NC(CC(C)C)C(=O)NCC(=O)NC(Cc1ccccc1)C(=O)NC(C(=O)NC(Cc1ccccc1)C(=O)NC(C(=O)NC(CC(C)C)C(=O)O)C(C)O)C(C)C. The third-order valence-electron chi connectivity index (χ3n) is 11.2. The fourth-order valence-electron chi connectivity index (χ4n) is 7.22. The maximum absolute atomic E-state index is 14.2. The van der Waals surface area contributed by atoms with Crippen molar-refractivity contribution in [1.29, 1.82) is 0 Å². The maximum atomic E-state index is 14.2. The second kappa shape index (κ2) is 29.5. The molecule has 0 saturated carbocycles. The third kappa shape index (κ3) is 20.8. The van der Waals surface area contributed by atoms with Crippen LogP contribution in [0.1, 0.15) is 92.7 Å². The second-order valence-corrected chi connectivity index (χ2v) is 18.6. The lowest BCUT2D eigenvalue weighted by atomic mass is 9.96. The number of nitrogens with one attached hydrogen (secondary N) is 8. The summed E-state index contributed by atoms with van der Waals surface area (Å²) in [5, 5.41) is 41.0. The molecular formula is C49H75N9O11. The minimum Gasteiger partial charge on any atom is -0.480 e. The predicted octanol–water partition coefficient (Wildman–Crippen LogP) is 0.200. The van der Waals surface area contributed by atoms with E-state index in [0.717, 1.165) is 0 Å². The van der Waals surface area contributed by atoms with Gasteiger partial charge in [0.05, 0.1) is 19.2 Å². The number of nitrogens with two attached hydrogens (primary N) is 1. The van der Waals surface area contributed by atoms with Crippen LogP contribution in [0.5, 0.6) is 0 Å². The highest BCUT2D eigenvalue weighted by Crippen LogP contribution is 2.13. The summed E-state index contributed by atoms with van der Waals surface area (Å²) in [5.41, 5.74) is 6.73. The first-order valence-electron chi connectivity index (χ1n) is 23.5. The Kier molecular flexibility index (Phi) is 25.1. The molecule has 8 amide bonds. The Hall–Kier alpha value is -6.41. The Labute approximate surface area is 405 Å². The van der Waals surface area contributed by atoms with Crippen molar-refractivity contribution in [2.75, 3.05) is 13.1 Å². The lowest BCUT2D eigenvalue weighted by molar-refractivity contribution is -0.143. The largest absolute Gasteiger partial charge is 0.480 e. The summed E-state index contributed by atoms with van der Waals surface area (Å²) in [4.78, 5) is 120. The number of amides is 8. The van der Waals surface area contributed by atoms with Crippen molar-refractivity contribution in [1.82, 2.24) is 42.5 Å². The average Bonchev–Trinajstić information content (AvgIpc) is 3.29. The van der Waals surface area contributed by atoms with E-state index in [4.69, 9.17) is 5.73 Å². The summed E-state index contributed by atoms with van der Waals surface area (Å²) < 4.78 is 0. The number of hydrogen-bond donors (Lipinski definition) is 11. The summed E-state index contributed by atoms with van der Waals surface area (Å²) in [7, 11) is 0. The topological polar surface area (TPSA) is 316 Å². The fourth-order valence-corrected chi connectivity index (χ4v) is 7.22. The molecule has 2 rings (SSSR count). The van der Waals surface area contributed by atoms with Gasteiger partial charge in [-0.15, -0.1) is 0 Å². The van der Waals surface area contributed by atoms with Crippen LogP contribution in [0, 0.1) is 23.7 Å². The zero-order valence-electron chi connectivity index (χ0n) is 41.3. The van der Waals surface area contributed by atoms with Gasteiger partial charge in [-0.05, 0) is 54.6 Å². The average molecular weight is 966 g/mol. The second-order valence-electron chi connectivity index (χ2n) is 18.6. The molecule has 20 nitrogen and oxygen atoms in total. The highest BCUT2D eigenvalue weighted by atomic mass is 16.4. The Balaban J connectivity index is 2.35. The van der Waals surface area contributed by atoms with E-state index in [9.17, 15) is 53.4 Å². The number of benzene rings is 2. The molecule has 2 aromatic rings. The number of rotatable bonds is 29. The number of aliphatic carboxylic acids is 1. The van der Waals surface area contributed by atoms with Crippen molar-refractivity contribution in [3.05, 3.63) is 71.8 Å². The molecule has 0 aromatic heterocycles. The molecule has 69 heavy (non-hydrogen) atoms. The van der Waals surface area contributed by atoms with E-state index >= 15 is 0 Å². The lowest BCUT2D eigenvalue weighted by Crippen LogP contribution is -2.62. The number of carboxylic acids is 1. The Morgan fingerprint density at radius 1 is 0.507 bits per heavy atom. The van der Waals surface area contributed by atoms with Crippen molar-refractivity contribution in [3.8, 4) is 0 Å². The van der Waals surface area contributed by atoms with Gasteiger partial charge < -0.3 is 58.5 Å². The van der Waals surface area contributed by atoms with E-state index in [0.29, 0.717) is 17.5 Å². The van der Waals surface area contributed by atoms with Crippen LogP contribution in [0.2, 0.25) is 0 Å². The summed E-state index contributed by atoms with van der Waals surface area (Å²) in [6, 6.07) is 8.49. The molecule has 0 fully saturated rings. The lowest BCUT2D eigenvalue weighted by Gasteiger charge is -2.29. The quantitative estimate of drug-likeness (QED) is 0.0521. The molecule has 0 aliphatic rings. The summed E-state index contributed by atoms with van der Waals surface area (Å²) in [6.07, 6.45) is -0.763. The van der Waals surface area contributed by atoms with Gasteiger partial charge in [0.2, 0.25) is 47.3 Å². The van der Waals surface area contributed by atoms with Crippen molar-refractivity contribution < 1.29 is 53.4 Å². The number of aliphatic hydroxyl groups is 1. The van der Waals surface area contributed by atoms with Gasteiger partial charge in [-0.3, -0.25) is 38.4 Å². The standard InChI is InChI=1S/C49H75N9O11/c1-10-30(8)41(56-38(60)25-50)47(66)53-34(21-27(2)3)43(62)51-26-39(61)52-35(23-32-17-13-11-14-18-32)44(63)57-40(29(6)7)46(65)54-36(24-33-19-15-12-16-20-33)45(64)58-42(31(9)59)48(67)55-37(49(68)69)22-28(4)5/h11-20,27-31,34-37,40-42,59H,10,21-26,50H2,1-9H3,(H,51,62)(H,52,61)(H,53,66)(H,54,65)(H,55,67)(H,56,60)(H,57,63)(H,58,64)(H,68,69). The molecule has 0 aliphatic heterocycles. The van der Waals surface area contributed by atoms with E-state index in [1.165, 1.54) is 6.92 Å². The van der Waals surface area contributed by atoms with Gasteiger partial charge >= 0.3 is 5.97 Å². The van der Waals surface area contributed by atoms with Crippen LogP contribution < -0.4 is 48.3 Å². The molecule has 0 saturated heterocycles. The van der Waals surface area contributed by atoms with E-state index in [1.54, 1.807) is 95.3 Å². The summed E-state index contributed by atoms with van der Waals surface area (Å²) in [6.45, 7) is 14.5. The van der Waals surface area contributed by atoms with Crippen LogP contribution in [0.25, 0.3) is 0 Å². The molecule has 9 unspecified atom stereocenters. The van der Waals surface area contributed by atoms with Gasteiger partial charge in [-0.25, -0.2) is 4.79 Å². The highest BCUT2D eigenvalue weighted by Gasteiger charge is 2.36. The van der Waals surface area contributed by atoms with Crippen molar-refractivity contribution >= 4 is 53.2 Å². The number of carbonyl (C=O) groups is 9. The zero-order valence-corrected chi connectivity index (χ0v) is 41.3. The van der Waals surface area contributed by atoms with E-state index in [-0.39, 0.29) is 50.0 Å². The fraction of sp³-hybridized carbons (Fsp3) is 0.571. The van der Waals surface area contributed by atoms with Crippen LogP contribution in [0.3, 0.4) is 0 Å². The molecule has 12 N–H and O–H groups in total. The van der Waals surface area contributed by atoms with Crippen LogP contribution in [-0.4, -0.2) is 125 Å². The van der Waals surface area contributed by atoms with Gasteiger partial charge in [0.1, 0.15) is 42.3 Å². The molecule has 382 valence electrons. The van der Waals surface area contributed by atoms with Crippen LogP contribution in [0.4, 0.5) is 0 Å². The molecule has 0 heterocycles. The zero-order chi connectivity index (χ0) is 52.0. The predicted molar refractivity (Wildman–Crippen MR) is 258 cm³/mol. The normalized spacial score (nSPS) is 15.2. The number of carboxylic acid groups (broad SMARTS) is 1. The van der Waals surface area contributed by atoms with Crippen LogP contribution in [-0.2, 0) is 56.0 Å². The monoisotopic (exact) mass is 966 g/mol.